The molecule has 5 nitrogen and oxygen atoms in total. The maximum Gasteiger partial charge on any atom is 0.305 e. The average Bonchev–Trinajstić information content (AvgIpc) is 2.12. The Morgan fingerprint density at radius 1 is 1.53 bits per heavy atom. The second-order valence-corrected chi connectivity index (χ2v) is 3.47. The Balaban J connectivity index is 3.56. The number of nitrogens with zero attached hydrogens (tertiary/aromatic N) is 1. The van der Waals surface area contributed by atoms with Crippen molar-refractivity contribution in [2.75, 3.05) is 13.2 Å². The van der Waals surface area contributed by atoms with E-state index in [1.807, 2.05) is 13.8 Å². The van der Waals surface area contributed by atoms with Gasteiger partial charge in [0.05, 0.1) is 6.61 Å². The molecule has 0 saturated carbocycles. The van der Waals surface area contributed by atoms with Crippen molar-refractivity contribution in [3.63, 3.8) is 0 Å². The van der Waals surface area contributed by atoms with Gasteiger partial charge in [-0.2, -0.15) is 0 Å². The van der Waals surface area contributed by atoms with Crippen molar-refractivity contribution in [2.24, 2.45) is 10.7 Å². The zero-order chi connectivity index (χ0) is 11.7. The molecule has 0 bridgehead atoms. The van der Waals surface area contributed by atoms with Crippen molar-refractivity contribution >= 4 is 11.9 Å². The molecular weight excluding hydrogens is 194 g/mol. The summed E-state index contributed by atoms with van der Waals surface area (Å²) in [5.74, 6) is 0.247. The minimum Gasteiger partial charge on any atom is -0.466 e. The zero-order valence-electron chi connectivity index (χ0n) is 9.75. The van der Waals surface area contributed by atoms with Gasteiger partial charge in [0.25, 0.3) is 0 Å². The van der Waals surface area contributed by atoms with E-state index in [0.29, 0.717) is 32.0 Å². The van der Waals surface area contributed by atoms with Crippen LogP contribution in [0.5, 0.6) is 0 Å². The van der Waals surface area contributed by atoms with Crippen molar-refractivity contribution in [3.8, 4) is 0 Å². The Labute approximate surface area is 91.1 Å². The fourth-order valence-corrected chi connectivity index (χ4v) is 0.997. The lowest BCUT2D eigenvalue weighted by atomic mass is 10.3. The van der Waals surface area contributed by atoms with Crippen molar-refractivity contribution in [1.29, 1.82) is 0 Å². The van der Waals surface area contributed by atoms with E-state index in [4.69, 9.17) is 10.5 Å². The first-order valence-electron chi connectivity index (χ1n) is 5.28. The molecule has 0 aromatic carbocycles. The molecule has 0 rings (SSSR count). The van der Waals surface area contributed by atoms with Crippen molar-refractivity contribution in [1.82, 2.24) is 5.32 Å². The summed E-state index contributed by atoms with van der Waals surface area (Å²) in [5, 5.41) is 2.97. The summed E-state index contributed by atoms with van der Waals surface area (Å²) < 4.78 is 4.78. The Morgan fingerprint density at radius 2 is 2.20 bits per heavy atom. The molecule has 0 amide bonds. The number of nitrogens with two attached hydrogens (primary N) is 1. The van der Waals surface area contributed by atoms with Gasteiger partial charge in [0.1, 0.15) is 0 Å². The van der Waals surface area contributed by atoms with Crippen LogP contribution in [0.15, 0.2) is 4.99 Å². The lowest BCUT2D eigenvalue weighted by Gasteiger charge is -2.08. The largest absolute Gasteiger partial charge is 0.466 e. The lowest BCUT2D eigenvalue weighted by Crippen LogP contribution is -2.36. The highest BCUT2D eigenvalue weighted by Gasteiger charge is 2.00. The standard InChI is InChI=1S/C10H21N3O2/c1-4-15-9(14)6-5-7-12-10(11)13-8(2)3/h8H,4-7H2,1-3H3,(H3,11,12,13). The van der Waals surface area contributed by atoms with Gasteiger partial charge in [-0.15, -0.1) is 0 Å². The van der Waals surface area contributed by atoms with E-state index in [9.17, 15) is 4.79 Å². The quantitative estimate of drug-likeness (QED) is 0.295. The molecule has 0 aliphatic heterocycles. The molecule has 15 heavy (non-hydrogen) atoms. The lowest BCUT2D eigenvalue weighted by molar-refractivity contribution is -0.143. The van der Waals surface area contributed by atoms with Crippen molar-refractivity contribution in [3.05, 3.63) is 0 Å². The summed E-state index contributed by atoms with van der Waals surface area (Å²) in [4.78, 5) is 15.0. The molecule has 88 valence electrons. The van der Waals surface area contributed by atoms with Gasteiger partial charge in [-0.3, -0.25) is 9.79 Å². The van der Waals surface area contributed by atoms with E-state index in [1.165, 1.54) is 0 Å². The maximum absolute atomic E-state index is 10.9. The molecule has 3 N–H and O–H groups in total. The normalized spacial score (nSPS) is 11.6. The van der Waals surface area contributed by atoms with Crippen LogP contribution in [-0.2, 0) is 9.53 Å². The fourth-order valence-electron chi connectivity index (χ4n) is 0.997. The summed E-state index contributed by atoms with van der Waals surface area (Å²) in [7, 11) is 0. The number of ether oxygens (including phenoxy) is 1. The maximum atomic E-state index is 10.9. The second-order valence-electron chi connectivity index (χ2n) is 3.47. The van der Waals surface area contributed by atoms with E-state index in [0.717, 1.165) is 0 Å². The molecule has 0 spiro atoms. The first-order chi connectivity index (χ1) is 7.06. The molecule has 5 heteroatoms. The Bertz CT molecular complexity index is 215. The highest BCUT2D eigenvalue weighted by Crippen LogP contribution is 1.93. The van der Waals surface area contributed by atoms with Crippen LogP contribution >= 0.6 is 0 Å². The number of rotatable bonds is 6. The van der Waals surface area contributed by atoms with Crippen LogP contribution in [0.3, 0.4) is 0 Å². The number of aliphatic imine (C=N–C) groups is 1. The smallest absolute Gasteiger partial charge is 0.305 e. The van der Waals surface area contributed by atoms with E-state index in [-0.39, 0.29) is 12.0 Å². The van der Waals surface area contributed by atoms with Crippen LogP contribution in [0.25, 0.3) is 0 Å². The first kappa shape index (κ1) is 13.7. The van der Waals surface area contributed by atoms with Gasteiger partial charge in [0.2, 0.25) is 0 Å². The highest BCUT2D eigenvalue weighted by molar-refractivity contribution is 5.78. The van der Waals surface area contributed by atoms with Crippen molar-refractivity contribution < 1.29 is 9.53 Å². The second kappa shape index (κ2) is 8.08. The van der Waals surface area contributed by atoms with Gasteiger partial charge in [0.15, 0.2) is 5.96 Å². The van der Waals surface area contributed by atoms with E-state index >= 15 is 0 Å². The van der Waals surface area contributed by atoms with Gasteiger partial charge in [-0.05, 0) is 27.2 Å². The van der Waals surface area contributed by atoms with E-state index in [2.05, 4.69) is 10.3 Å². The number of guanidine groups is 1. The molecule has 0 fully saturated rings. The molecule has 0 aromatic rings. The Kier molecular flexibility index (Phi) is 7.40. The number of carbonyl (C=O) groups excluding carboxylic acids is 1. The van der Waals surface area contributed by atoms with Gasteiger partial charge in [-0.25, -0.2) is 0 Å². The van der Waals surface area contributed by atoms with Gasteiger partial charge in [-0.1, -0.05) is 0 Å². The van der Waals surface area contributed by atoms with Gasteiger partial charge in [0, 0.05) is 19.0 Å². The number of esters is 1. The summed E-state index contributed by atoms with van der Waals surface area (Å²) in [6.07, 6.45) is 1.06. The van der Waals surface area contributed by atoms with Crippen LogP contribution in [0.4, 0.5) is 0 Å². The molecule has 0 aliphatic carbocycles. The molecule has 0 radical (unpaired) electrons. The zero-order valence-corrected chi connectivity index (χ0v) is 9.75. The third-order valence-electron chi connectivity index (χ3n) is 1.56. The van der Waals surface area contributed by atoms with Crippen LogP contribution < -0.4 is 11.1 Å². The van der Waals surface area contributed by atoms with Gasteiger partial charge < -0.3 is 15.8 Å². The number of carbonyl (C=O) groups is 1. The van der Waals surface area contributed by atoms with Crippen LogP contribution in [0.2, 0.25) is 0 Å². The SMILES string of the molecule is CCOC(=O)CCCN=C(N)NC(C)C. The summed E-state index contributed by atoms with van der Waals surface area (Å²) in [6.45, 7) is 6.74. The summed E-state index contributed by atoms with van der Waals surface area (Å²) in [6, 6.07) is 0.277. The Hall–Kier alpha value is -1.26. The molecule has 0 aromatic heterocycles. The molecule has 0 saturated heterocycles. The molecule has 0 heterocycles. The number of nitrogens with one attached hydrogen (secondary N) is 1. The van der Waals surface area contributed by atoms with E-state index in [1.54, 1.807) is 6.92 Å². The molecule has 0 unspecified atom stereocenters. The van der Waals surface area contributed by atoms with Crippen LogP contribution in [0, 0.1) is 0 Å². The average molecular weight is 215 g/mol. The predicted molar refractivity (Wildman–Crippen MR) is 60.6 cm³/mol. The molecular formula is C10H21N3O2. The Morgan fingerprint density at radius 3 is 2.73 bits per heavy atom. The fraction of sp³-hybridized carbons (Fsp3) is 0.800. The van der Waals surface area contributed by atoms with Crippen LogP contribution in [0.1, 0.15) is 33.6 Å². The van der Waals surface area contributed by atoms with Gasteiger partial charge >= 0.3 is 5.97 Å². The third kappa shape index (κ3) is 9.05. The summed E-state index contributed by atoms with van der Waals surface area (Å²) in [5.41, 5.74) is 5.57. The number of hydrogen-bond donors (Lipinski definition) is 2. The molecule has 0 aliphatic rings. The summed E-state index contributed by atoms with van der Waals surface area (Å²) >= 11 is 0. The minimum absolute atomic E-state index is 0.178. The monoisotopic (exact) mass is 215 g/mol. The van der Waals surface area contributed by atoms with Crippen LogP contribution in [-0.4, -0.2) is 31.1 Å². The highest BCUT2D eigenvalue weighted by atomic mass is 16.5. The predicted octanol–water partition coefficient (Wildman–Crippen LogP) is 0.642. The third-order valence-corrected chi connectivity index (χ3v) is 1.56. The number of hydrogen-bond acceptors (Lipinski definition) is 3. The van der Waals surface area contributed by atoms with Crippen molar-refractivity contribution in [2.45, 2.75) is 39.7 Å². The minimum atomic E-state index is -0.178. The molecule has 0 atom stereocenters. The first-order valence-corrected chi connectivity index (χ1v) is 5.28. The topological polar surface area (TPSA) is 76.7 Å². The van der Waals surface area contributed by atoms with E-state index < -0.39 is 0 Å².